The first kappa shape index (κ1) is 28.1. The van der Waals surface area contributed by atoms with Crippen molar-refractivity contribution in [2.24, 2.45) is 0 Å². The summed E-state index contributed by atoms with van der Waals surface area (Å²) >= 11 is 0. The van der Waals surface area contributed by atoms with Gasteiger partial charge >= 0.3 is 0 Å². The number of carbonyl (C=O) groups is 2. The van der Waals surface area contributed by atoms with Crippen LogP contribution in [0.25, 0.3) is 0 Å². The summed E-state index contributed by atoms with van der Waals surface area (Å²) in [5, 5.41) is 2.97. The van der Waals surface area contributed by atoms with Crippen LogP contribution in [0.5, 0.6) is 11.5 Å². The van der Waals surface area contributed by atoms with Gasteiger partial charge in [-0.3, -0.25) is 9.59 Å². The van der Waals surface area contributed by atoms with Crippen LogP contribution in [0, 0.1) is 13.8 Å². The molecule has 1 N–H and O–H groups in total. The number of aryl methyl sites for hydroxylation is 2. The van der Waals surface area contributed by atoms with Crippen molar-refractivity contribution >= 4 is 28.3 Å². The van der Waals surface area contributed by atoms with Crippen LogP contribution in [0.15, 0.2) is 88.7 Å². The monoisotopic (exact) mass is 568 g/mol. The third-order valence-electron chi connectivity index (χ3n) is 7.25. The van der Waals surface area contributed by atoms with Crippen molar-refractivity contribution in [1.82, 2.24) is 5.32 Å². The fraction of sp³-hybridized carbons (Fsp3) is 0.212. The molecule has 5 rings (SSSR count). The smallest absolute Gasteiger partial charge is 0.259 e. The van der Waals surface area contributed by atoms with Gasteiger partial charge in [0, 0.05) is 12.1 Å². The van der Waals surface area contributed by atoms with Crippen molar-refractivity contribution in [2.75, 3.05) is 25.7 Å². The van der Waals surface area contributed by atoms with Gasteiger partial charge in [-0.2, -0.15) is 0 Å². The third-order valence-corrected chi connectivity index (χ3v) is 8.75. The van der Waals surface area contributed by atoms with Crippen LogP contribution in [0.1, 0.15) is 43.0 Å². The van der Waals surface area contributed by atoms with E-state index < -0.39 is 10.8 Å². The van der Waals surface area contributed by atoms with Gasteiger partial charge in [-0.15, -0.1) is 0 Å². The highest BCUT2D eigenvalue weighted by atomic mass is 32.2. The molecule has 0 radical (unpaired) electrons. The molecule has 1 heterocycles. The SMILES string of the molecule is COc1ccc(CCNC(=O)c2ccc3c(c2)N(Cc2cc(C)ccc2C)C(=O)c2ccccc2[S@@]3=O)cc1OC. The molecule has 41 heavy (non-hydrogen) atoms. The van der Waals surface area contributed by atoms with E-state index in [9.17, 15) is 13.8 Å². The van der Waals surface area contributed by atoms with Gasteiger partial charge in [0.05, 0.1) is 52.6 Å². The molecule has 0 aliphatic carbocycles. The highest BCUT2D eigenvalue weighted by Gasteiger charge is 2.31. The summed E-state index contributed by atoms with van der Waals surface area (Å²) in [7, 11) is 1.58. The molecule has 0 saturated carbocycles. The lowest BCUT2D eigenvalue weighted by molar-refractivity contribution is 0.0950. The van der Waals surface area contributed by atoms with Gasteiger partial charge in [0.25, 0.3) is 11.8 Å². The van der Waals surface area contributed by atoms with E-state index in [4.69, 9.17) is 9.47 Å². The molecular formula is C33H32N2O5S. The minimum atomic E-state index is -1.59. The Morgan fingerprint density at radius 3 is 2.44 bits per heavy atom. The van der Waals surface area contributed by atoms with Crippen molar-refractivity contribution in [2.45, 2.75) is 36.6 Å². The molecular weight excluding hydrogens is 536 g/mol. The molecule has 0 fully saturated rings. The van der Waals surface area contributed by atoms with E-state index in [2.05, 4.69) is 11.4 Å². The van der Waals surface area contributed by atoms with E-state index in [1.165, 1.54) is 0 Å². The Kier molecular flexibility index (Phi) is 8.21. The van der Waals surface area contributed by atoms with Crippen LogP contribution in [0.3, 0.4) is 0 Å². The maximum atomic E-state index is 13.9. The van der Waals surface area contributed by atoms with Crippen LogP contribution in [-0.2, 0) is 23.8 Å². The van der Waals surface area contributed by atoms with Crippen molar-refractivity contribution in [3.63, 3.8) is 0 Å². The van der Waals surface area contributed by atoms with Crippen molar-refractivity contribution in [3.8, 4) is 11.5 Å². The summed E-state index contributed by atoms with van der Waals surface area (Å²) in [4.78, 5) is 29.8. The summed E-state index contributed by atoms with van der Waals surface area (Å²) in [5.74, 6) is 0.744. The number of anilines is 1. The van der Waals surface area contributed by atoms with Crippen LogP contribution in [-0.4, -0.2) is 36.8 Å². The van der Waals surface area contributed by atoms with Crippen LogP contribution in [0.4, 0.5) is 5.69 Å². The molecule has 0 saturated heterocycles. The maximum absolute atomic E-state index is 13.9. The highest BCUT2D eigenvalue weighted by Crippen LogP contribution is 2.36. The zero-order chi connectivity index (χ0) is 29.1. The predicted octanol–water partition coefficient (Wildman–Crippen LogP) is 5.62. The van der Waals surface area contributed by atoms with Gasteiger partial charge in [-0.05, 0) is 79.4 Å². The molecule has 1 aliphatic heterocycles. The normalized spacial score (nSPS) is 14.1. The van der Waals surface area contributed by atoms with Gasteiger partial charge in [-0.25, -0.2) is 4.21 Å². The maximum Gasteiger partial charge on any atom is 0.259 e. The topological polar surface area (TPSA) is 84.9 Å². The quantitative estimate of drug-likeness (QED) is 0.298. The van der Waals surface area contributed by atoms with Gasteiger partial charge in [-0.1, -0.05) is 42.0 Å². The number of ether oxygens (including phenoxy) is 2. The second-order valence-corrected chi connectivity index (χ2v) is 11.4. The molecule has 8 heteroatoms. The minimum Gasteiger partial charge on any atom is -0.493 e. The summed E-state index contributed by atoms with van der Waals surface area (Å²) in [6.07, 6.45) is 0.591. The summed E-state index contributed by atoms with van der Waals surface area (Å²) < 4.78 is 24.4. The lowest BCUT2D eigenvalue weighted by Crippen LogP contribution is -2.31. The van der Waals surface area contributed by atoms with E-state index in [0.29, 0.717) is 51.1 Å². The number of fused-ring (bicyclic) bond motifs is 2. The fourth-order valence-corrected chi connectivity index (χ4v) is 6.31. The predicted molar refractivity (Wildman–Crippen MR) is 160 cm³/mol. The Bertz CT molecular complexity index is 1670. The molecule has 0 aromatic heterocycles. The number of hydrogen-bond acceptors (Lipinski definition) is 5. The average Bonchev–Trinajstić information content (AvgIpc) is 3.07. The number of methoxy groups -OCH3 is 2. The van der Waals surface area contributed by atoms with E-state index in [-0.39, 0.29) is 18.4 Å². The van der Waals surface area contributed by atoms with Crippen molar-refractivity contribution < 1.29 is 23.3 Å². The molecule has 4 aromatic rings. The Labute approximate surface area is 242 Å². The number of rotatable bonds is 8. The summed E-state index contributed by atoms with van der Waals surface area (Å²) in [6, 6.07) is 23.8. The van der Waals surface area contributed by atoms with E-state index in [1.54, 1.807) is 61.6 Å². The zero-order valence-electron chi connectivity index (χ0n) is 23.5. The molecule has 0 bridgehead atoms. The Morgan fingerprint density at radius 1 is 0.878 bits per heavy atom. The van der Waals surface area contributed by atoms with Gasteiger partial charge < -0.3 is 19.7 Å². The molecule has 4 aromatic carbocycles. The lowest BCUT2D eigenvalue weighted by Gasteiger charge is -2.24. The Balaban J connectivity index is 1.44. The highest BCUT2D eigenvalue weighted by molar-refractivity contribution is 7.85. The standard InChI is InChI=1S/C33H32N2O5S/c1-21-9-10-22(2)25(17-21)20-35-27-19-24(12-14-31(27)41(38)30-8-6-5-7-26(30)33(35)37)32(36)34-16-15-23-11-13-28(39-3)29(18-23)40-4/h5-14,17-19H,15-16,20H2,1-4H3,(H,34,36)/t41-/m0/s1. The second-order valence-electron chi connectivity index (χ2n) is 9.96. The average molecular weight is 569 g/mol. The van der Waals surface area contributed by atoms with Gasteiger partial charge in [0.2, 0.25) is 0 Å². The number of carbonyl (C=O) groups excluding carboxylic acids is 2. The second kappa shape index (κ2) is 12.0. The third kappa shape index (κ3) is 5.74. The first-order valence-corrected chi connectivity index (χ1v) is 14.5. The molecule has 7 nitrogen and oxygen atoms in total. The van der Waals surface area contributed by atoms with Crippen LogP contribution >= 0.6 is 0 Å². The molecule has 1 atom stereocenters. The molecule has 0 spiro atoms. The van der Waals surface area contributed by atoms with Crippen LogP contribution < -0.4 is 19.7 Å². The fourth-order valence-electron chi connectivity index (χ4n) is 4.96. The first-order valence-electron chi connectivity index (χ1n) is 13.3. The minimum absolute atomic E-state index is 0.250. The number of nitrogens with zero attached hydrogens (tertiary/aromatic N) is 1. The largest absolute Gasteiger partial charge is 0.493 e. The van der Waals surface area contributed by atoms with E-state index >= 15 is 0 Å². The first-order chi connectivity index (χ1) is 19.8. The molecule has 0 unspecified atom stereocenters. The number of hydrogen-bond donors (Lipinski definition) is 1. The Morgan fingerprint density at radius 2 is 1.66 bits per heavy atom. The van der Waals surface area contributed by atoms with Crippen molar-refractivity contribution in [1.29, 1.82) is 0 Å². The van der Waals surface area contributed by atoms with Crippen molar-refractivity contribution in [3.05, 3.63) is 112 Å². The van der Waals surface area contributed by atoms with Gasteiger partial charge in [0.15, 0.2) is 11.5 Å². The molecule has 1 aliphatic rings. The Hall–Kier alpha value is -4.43. The van der Waals surface area contributed by atoms with Gasteiger partial charge in [0.1, 0.15) is 0 Å². The molecule has 210 valence electrons. The number of benzene rings is 4. The van der Waals surface area contributed by atoms with E-state index in [1.807, 2.05) is 44.2 Å². The van der Waals surface area contributed by atoms with Crippen LogP contribution in [0.2, 0.25) is 0 Å². The van der Waals surface area contributed by atoms with E-state index in [0.717, 1.165) is 22.3 Å². The lowest BCUT2D eigenvalue weighted by atomic mass is 10.0. The summed E-state index contributed by atoms with van der Waals surface area (Å²) in [6.45, 7) is 4.70. The zero-order valence-corrected chi connectivity index (χ0v) is 24.3. The summed E-state index contributed by atoms with van der Waals surface area (Å²) in [5.41, 5.74) is 5.36. The number of nitrogens with one attached hydrogen (secondary N) is 1. The molecule has 2 amide bonds. The number of amides is 2.